The number of hydrogen-bond acceptors (Lipinski definition) is 5. The van der Waals surface area contributed by atoms with E-state index in [1.807, 2.05) is 17.7 Å². The van der Waals surface area contributed by atoms with Gasteiger partial charge in [0.15, 0.2) is 0 Å². The zero-order chi connectivity index (χ0) is 18.4. The van der Waals surface area contributed by atoms with Gasteiger partial charge in [0.2, 0.25) is 0 Å². The van der Waals surface area contributed by atoms with Crippen molar-refractivity contribution in [1.29, 1.82) is 0 Å². The standard InChI is InChI=1S/C20H31N5O/c1-23(15-20-22-21-16-24(20)2)13-17-7-6-11-25(14-17)12-10-18-8-4-5-9-19(18)26-3/h4-5,8-9,16-17H,6-7,10-15H2,1-3H3/t17-/m0/s1. The van der Waals surface area contributed by atoms with Crippen LogP contribution < -0.4 is 4.74 Å². The summed E-state index contributed by atoms with van der Waals surface area (Å²) in [5.41, 5.74) is 1.30. The first-order valence-electron chi connectivity index (χ1n) is 9.51. The molecular formula is C20H31N5O. The average Bonchev–Trinajstić information content (AvgIpc) is 3.05. The Bertz CT molecular complexity index is 686. The molecular weight excluding hydrogens is 326 g/mol. The Morgan fingerprint density at radius 2 is 2.15 bits per heavy atom. The lowest BCUT2D eigenvalue weighted by Gasteiger charge is -2.34. The minimum absolute atomic E-state index is 0.722. The summed E-state index contributed by atoms with van der Waals surface area (Å²) in [5, 5.41) is 8.16. The number of piperidine rings is 1. The van der Waals surface area contributed by atoms with Crippen LogP contribution in [0.25, 0.3) is 0 Å². The summed E-state index contributed by atoms with van der Waals surface area (Å²) in [5.74, 6) is 2.75. The lowest BCUT2D eigenvalue weighted by Crippen LogP contribution is -2.41. The third-order valence-corrected chi connectivity index (χ3v) is 5.28. The first-order valence-corrected chi connectivity index (χ1v) is 9.51. The van der Waals surface area contributed by atoms with Gasteiger partial charge in [0, 0.05) is 26.7 Å². The second-order valence-corrected chi connectivity index (χ2v) is 7.43. The Morgan fingerprint density at radius 3 is 2.92 bits per heavy atom. The summed E-state index contributed by atoms with van der Waals surface area (Å²) in [7, 11) is 5.94. The Morgan fingerprint density at radius 1 is 1.31 bits per heavy atom. The van der Waals surface area contributed by atoms with Crippen LogP contribution in [-0.4, -0.2) is 64.9 Å². The molecule has 2 heterocycles. The van der Waals surface area contributed by atoms with Crippen LogP contribution >= 0.6 is 0 Å². The molecule has 1 aromatic carbocycles. The van der Waals surface area contributed by atoms with Crippen molar-refractivity contribution in [3.63, 3.8) is 0 Å². The lowest BCUT2D eigenvalue weighted by atomic mass is 9.97. The van der Waals surface area contributed by atoms with Gasteiger partial charge >= 0.3 is 0 Å². The van der Waals surface area contributed by atoms with Crippen molar-refractivity contribution in [3.8, 4) is 5.75 Å². The minimum Gasteiger partial charge on any atom is -0.496 e. The second kappa shape index (κ2) is 9.14. The molecule has 0 N–H and O–H groups in total. The summed E-state index contributed by atoms with van der Waals surface area (Å²) in [6.45, 7) is 5.45. The van der Waals surface area contributed by atoms with E-state index in [-0.39, 0.29) is 0 Å². The molecule has 0 aliphatic carbocycles. The highest BCUT2D eigenvalue weighted by Crippen LogP contribution is 2.21. The van der Waals surface area contributed by atoms with E-state index in [1.165, 1.54) is 31.5 Å². The van der Waals surface area contributed by atoms with E-state index in [9.17, 15) is 0 Å². The predicted molar refractivity (Wildman–Crippen MR) is 103 cm³/mol. The molecule has 0 saturated carbocycles. The average molecular weight is 358 g/mol. The van der Waals surface area contributed by atoms with Gasteiger partial charge in [-0.1, -0.05) is 18.2 Å². The van der Waals surface area contributed by atoms with Crippen LogP contribution in [0.1, 0.15) is 24.2 Å². The molecule has 1 aliphatic heterocycles. The molecule has 1 fully saturated rings. The van der Waals surface area contributed by atoms with Crippen molar-refractivity contribution in [2.75, 3.05) is 40.3 Å². The smallest absolute Gasteiger partial charge is 0.146 e. The zero-order valence-corrected chi connectivity index (χ0v) is 16.3. The fourth-order valence-corrected chi connectivity index (χ4v) is 3.89. The molecule has 0 bridgehead atoms. The first kappa shape index (κ1) is 18.9. The van der Waals surface area contributed by atoms with E-state index in [0.717, 1.165) is 43.5 Å². The van der Waals surface area contributed by atoms with Crippen LogP contribution in [-0.2, 0) is 20.0 Å². The first-order chi connectivity index (χ1) is 12.7. The van der Waals surface area contributed by atoms with E-state index < -0.39 is 0 Å². The molecule has 1 atom stereocenters. The van der Waals surface area contributed by atoms with E-state index in [1.54, 1.807) is 13.4 Å². The Kier molecular flexibility index (Phi) is 6.63. The molecule has 6 nitrogen and oxygen atoms in total. The van der Waals surface area contributed by atoms with Crippen LogP contribution in [0, 0.1) is 5.92 Å². The highest BCUT2D eigenvalue weighted by atomic mass is 16.5. The Labute approximate surface area is 156 Å². The highest BCUT2D eigenvalue weighted by molar-refractivity contribution is 5.33. The zero-order valence-electron chi connectivity index (χ0n) is 16.3. The number of nitrogens with zero attached hydrogens (tertiary/aromatic N) is 5. The van der Waals surface area contributed by atoms with Gasteiger partial charge < -0.3 is 14.2 Å². The fraction of sp³-hybridized carbons (Fsp3) is 0.600. The minimum atomic E-state index is 0.722. The predicted octanol–water partition coefficient (Wildman–Crippen LogP) is 2.21. The highest BCUT2D eigenvalue weighted by Gasteiger charge is 2.21. The Balaban J connectivity index is 1.47. The maximum Gasteiger partial charge on any atom is 0.146 e. The summed E-state index contributed by atoms with van der Waals surface area (Å²) >= 11 is 0. The summed E-state index contributed by atoms with van der Waals surface area (Å²) < 4.78 is 7.48. The number of methoxy groups -OCH3 is 1. The SMILES string of the molecule is COc1ccccc1CCN1CCC[C@@H](CN(C)Cc2nncn2C)C1. The van der Waals surface area contributed by atoms with Gasteiger partial charge in [-0.25, -0.2) is 0 Å². The number of benzene rings is 1. The van der Waals surface area contributed by atoms with E-state index >= 15 is 0 Å². The number of aryl methyl sites for hydroxylation is 1. The number of rotatable bonds is 8. The molecule has 2 aromatic rings. The second-order valence-electron chi connectivity index (χ2n) is 7.43. The van der Waals surface area contributed by atoms with E-state index in [0.29, 0.717) is 0 Å². The summed E-state index contributed by atoms with van der Waals surface area (Å²) in [4.78, 5) is 4.98. The number of aromatic nitrogens is 3. The topological polar surface area (TPSA) is 46.4 Å². The van der Waals surface area contributed by atoms with Crippen molar-refractivity contribution in [3.05, 3.63) is 42.0 Å². The van der Waals surface area contributed by atoms with Gasteiger partial charge in [0.1, 0.15) is 17.9 Å². The van der Waals surface area contributed by atoms with Gasteiger partial charge in [0.25, 0.3) is 0 Å². The van der Waals surface area contributed by atoms with Crippen LogP contribution in [0.2, 0.25) is 0 Å². The number of likely N-dealkylation sites (tertiary alicyclic amines) is 1. The van der Waals surface area contributed by atoms with Crippen molar-refractivity contribution in [2.24, 2.45) is 13.0 Å². The van der Waals surface area contributed by atoms with E-state index in [4.69, 9.17) is 4.74 Å². The molecule has 3 rings (SSSR count). The molecule has 6 heteroatoms. The largest absolute Gasteiger partial charge is 0.496 e. The van der Waals surface area contributed by atoms with Gasteiger partial charge in [-0.3, -0.25) is 4.90 Å². The maximum atomic E-state index is 5.48. The molecule has 0 amide bonds. The molecule has 142 valence electrons. The maximum absolute atomic E-state index is 5.48. The molecule has 1 aromatic heterocycles. The van der Waals surface area contributed by atoms with Gasteiger partial charge in [-0.05, 0) is 50.4 Å². The summed E-state index contributed by atoms with van der Waals surface area (Å²) in [6.07, 6.45) is 5.41. The quantitative estimate of drug-likeness (QED) is 0.725. The third kappa shape index (κ3) is 5.05. The van der Waals surface area contributed by atoms with Gasteiger partial charge in [-0.15, -0.1) is 10.2 Å². The van der Waals surface area contributed by atoms with Gasteiger partial charge in [0.05, 0.1) is 13.7 Å². The van der Waals surface area contributed by atoms with E-state index in [2.05, 4.69) is 45.2 Å². The molecule has 0 spiro atoms. The number of hydrogen-bond donors (Lipinski definition) is 0. The molecule has 1 aliphatic rings. The van der Waals surface area contributed by atoms with Crippen LogP contribution in [0.4, 0.5) is 0 Å². The monoisotopic (exact) mass is 357 g/mol. The molecule has 26 heavy (non-hydrogen) atoms. The Hall–Kier alpha value is -1.92. The van der Waals surface area contributed by atoms with Crippen molar-refractivity contribution in [2.45, 2.75) is 25.8 Å². The van der Waals surface area contributed by atoms with Crippen LogP contribution in [0.5, 0.6) is 5.75 Å². The molecule has 0 radical (unpaired) electrons. The van der Waals surface area contributed by atoms with Crippen LogP contribution in [0.3, 0.4) is 0 Å². The molecule has 1 saturated heterocycles. The van der Waals surface area contributed by atoms with Crippen molar-refractivity contribution in [1.82, 2.24) is 24.6 Å². The van der Waals surface area contributed by atoms with Crippen molar-refractivity contribution >= 4 is 0 Å². The normalized spacial score (nSPS) is 18.4. The lowest BCUT2D eigenvalue weighted by molar-refractivity contribution is 0.141. The fourth-order valence-electron chi connectivity index (χ4n) is 3.89. The third-order valence-electron chi connectivity index (χ3n) is 5.28. The number of para-hydroxylation sites is 1. The van der Waals surface area contributed by atoms with Gasteiger partial charge in [-0.2, -0.15) is 0 Å². The number of ether oxygens (including phenoxy) is 1. The summed E-state index contributed by atoms with van der Waals surface area (Å²) in [6, 6.07) is 8.36. The van der Waals surface area contributed by atoms with Crippen molar-refractivity contribution < 1.29 is 4.74 Å². The van der Waals surface area contributed by atoms with Crippen LogP contribution in [0.15, 0.2) is 30.6 Å². The molecule has 0 unspecified atom stereocenters.